The minimum atomic E-state index is -0.0424. The summed E-state index contributed by atoms with van der Waals surface area (Å²) in [6, 6.07) is 13.4. The van der Waals surface area contributed by atoms with Gasteiger partial charge in [-0.15, -0.1) is 0 Å². The Balaban J connectivity index is 1.57. The van der Waals surface area contributed by atoms with Crippen LogP contribution in [0.5, 0.6) is 5.75 Å². The zero-order valence-corrected chi connectivity index (χ0v) is 12.3. The number of hydrogen-bond donors (Lipinski definition) is 1. The van der Waals surface area contributed by atoms with E-state index < -0.39 is 0 Å². The van der Waals surface area contributed by atoms with Gasteiger partial charge in [-0.25, -0.2) is 4.98 Å². The second kappa shape index (κ2) is 6.30. The predicted molar refractivity (Wildman–Crippen MR) is 83.7 cm³/mol. The van der Waals surface area contributed by atoms with Gasteiger partial charge in [0.05, 0.1) is 19.2 Å². The zero-order chi connectivity index (χ0) is 15.4. The van der Waals surface area contributed by atoms with Crippen molar-refractivity contribution >= 4 is 11.6 Å². The third-order valence-electron chi connectivity index (χ3n) is 3.40. The molecule has 0 bridgehead atoms. The highest BCUT2D eigenvalue weighted by Gasteiger charge is 2.07. The topological polar surface area (TPSA) is 55.6 Å². The van der Waals surface area contributed by atoms with E-state index in [0.717, 1.165) is 22.7 Å². The number of amides is 1. The minimum Gasteiger partial charge on any atom is -0.497 e. The molecule has 0 atom stereocenters. The number of carbonyl (C=O) groups excluding carboxylic acids is 1. The first kappa shape index (κ1) is 14.1. The lowest BCUT2D eigenvalue weighted by molar-refractivity contribution is -0.120. The summed E-state index contributed by atoms with van der Waals surface area (Å²) in [5, 5.41) is 2.90. The van der Waals surface area contributed by atoms with Gasteiger partial charge in [0.25, 0.3) is 0 Å². The Morgan fingerprint density at radius 3 is 2.77 bits per heavy atom. The quantitative estimate of drug-likeness (QED) is 0.785. The predicted octanol–water partition coefficient (Wildman–Crippen LogP) is 2.20. The SMILES string of the molecule is COc1ccc(CNC(=O)Cc2cn3ccccc3n2)cc1. The van der Waals surface area contributed by atoms with Gasteiger partial charge in [0.15, 0.2) is 0 Å². The highest BCUT2D eigenvalue weighted by Crippen LogP contribution is 2.11. The normalized spacial score (nSPS) is 10.6. The lowest BCUT2D eigenvalue weighted by Gasteiger charge is -2.05. The number of carbonyl (C=O) groups is 1. The van der Waals surface area contributed by atoms with Gasteiger partial charge in [-0.05, 0) is 29.8 Å². The molecule has 0 aliphatic heterocycles. The van der Waals surface area contributed by atoms with Crippen molar-refractivity contribution in [2.24, 2.45) is 0 Å². The average Bonchev–Trinajstić information content (AvgIpc) is 2.95. The molecule has 0 saturated carbocycles. The number of hydrogen-bond acceptors (Lipinski definition) is 3. The maximum absolute atomic E-state index is 12.0. The molecule has 1 aromatic carbocycles. The van der Waals surface area contributed by atoms with Gasteiger partial charge in [0.1, 0.15) is 11.4 Å². The van der Waals surface area contributed by atoms with E-state index in [1.165, 1.54) is 0 Å². The van der Waals surface area contributed by atoms with Gasteiger partial charge >= 0.3 is 0 Å². The van der Waals surface area contributed by atoms with Gasteiger partial charge in [-0.3, -0.25) is 4.79 Å². The molecule has 112 valence electrons. The molecule has 1 amide bonds. The van der Waals surface area contributed by atoms with Crippen LogP contribution in [0.25, 0.3) is 5.65 Å². The van der Waals surface area contributed by atoms with Crippen LogP contribution in [-0.2, 0) is 17.8 Å². The van der Waals surface area contributed by atoms with Crippen LogP contribution in [0, 0.1) is 0 Å². The van der Waals surface area contributed by atoms with E-state index in [0.29, 0.717) is 6.54 Å². The summed E-state index contributed by atoms with van der Waals surface area (Å²) in [6.07, 6.45) is 4.07. The summed E-state index contributed by atoms with van der Waals surface area (Å²) in [5.74, 6) is 0.763. The van der Waals surface area contributed by atoms with Crippen molar-refractivity contribution in [3.63, 3.8) is 0 Å². The molecule has 0 unspecified atom stereocenters. The first-order chi connectivity index (χ1) is 10.7. The lowest BCUT2D eigenvalue weighted by atomic mass is 10.2. The molecule has 3 aromatic rings. The molecule has 0 aliphatic rings. The fourth-order valence-corrected chi connectivity index (χ4v) is 2.24. The van der Waals surface area contributed by atoms with E-state index in [4.69, 9.17) is 4.74 Å². The Hall–Kier alpha value is -2.82. The molecular weight excluding hydrogens is 278 g/mol. The second-order valence-electron chi connectivity index (χ2n) is 5.00. The molecule has 0 spiro atoms. The zero-order valence-electron chi connectivity index (χ0n) is 12.3. The smallest absolute Gasteiger partial charge is 0.226 e. The van der Waals surface area contributed by atoms with E-state index in [1.807, 2.05) is 59.3 Å². The van der Waals surface area contributed by atoms with Crippen molar-refractivity contribution in [2.45, 2.75) is 13.0 Å². The van der Waals surface area contributed by atoms with Crippen molar-refractivity contribution in [1.82, 2.24) is 14.7 Å². The Kier molecular flexibility index (Phi) is 4.05. The van der Waals surface area contributed by atoms with E-state index in [1.54, 1.807) is 7.11 Å². The number of imidazole rings is 1. The Morgan fingerprint density at radius 1 is 1.23 bits per heavy atom. The van der Waals surface area contributed by atoms with Gasteiger partial charge in [0.2, 0.25) is 5.91 Å². The molecule has 5 heteroatoms. The van der Waals surface area contributed by atoms with Gasteiger partial charge in [0, 0.05) is 18.9 Å². The van der Waals surface area contributed by atoms with E-state index >= 15 is 0 Å². The van der Waals surface area contributed by atoms with Crippen LogP contribution < -0.4 is 10.1 Å². The first-order valence-corrected chi connectivity index (χ1v) is 7.07. The lowest BCUT2D eigenvalue weighted by Crippen LogP contribution is -2.24. The average molecular weight is 295 g/mol. The fourth-order valence-electron chi connectivity index (χ4n) is 2.24. The van der Waals surface area contributed by atoms with Crippen LogP contribution in [-0.4, -0.2) is 22.4 Å². The molecule has 1 N–H and O–H groups in total. The number of benzene rings is 1. The van der Waals surface area contributed by atoms with Gasteiger partial charge in [-0.1, -0.05) is 18.2 Å². The van der Waals surface area contributed by atoms with Crippen molar-refractivity contribution in [1.29, 1.82) is 0 Å². The number of aromatic nitrogens is 2. The van der Waals surface area contributed by atoms with Crippen LogP contribution >= 0.6 is 0 Å². The van der Waals surface area contributed by atoms with Crippen molar-refractivity contribution in [3.05, 3.63) is 66.1 Å². The highest BCUT2D eigenvalue weighted by atomic mass is 16.5. The van der Waals surface area contributed by atoms with E-state index in [9.17, 15) is 4.79 Å². The molecule has 0 radical (unpaired) electrons. The molecule has 22 heavy (non-hydrogen) atoms. The Morgan fingerprint density at radius 2 is 2.05 bits per heavy atom. The standard InChI is InChI=1S/C17H17N3O2/c1-22-15-7-5-13(6-8-15)11-18-17(21)10-14-12-20-9-3-2-4-16(20)19-14/h2-9,12H,10-11H2,1H3,(H,18,21). The van der Waals surface area contributed by atoms with E-state index in [-0.39, 0.29) is 12.3 Å². The fraction of sp³-hybridized carbons (Fsp3) is 0.176. The number of methoxy groups -OCH3 is 1. The molecule has 0 saturated heterocycles. The number of fused-ring (bicyclic) bond motifs is 1. The highest BCUT2D eigenvalue weighted by molar-refractivity contribution is 5.78. The first-order valence-electron chi connectivity index (χ1n) is 7.07. The summed E-state index contributed by atoms with van der Waals surface area (Å²) in [5.41, 5.74) is 2.64. The number of nitrogens with one attached hydrogen (secondary N) is 1. The maximum Gasteiger partial charge on any atom is 0.226 e. The van der Waals surface area contributed by atoms with Crippen molar-refractivity contribution in [3.8, 4) is 5.75 Å². The summed E-state index contributed by atoms with van der Waals surface area (Å²) in [6.45, 7) is 0.496. The molecule has 0 aliphatic carbocycles. The number of nitrogens with zero attached hydrogens (tertiary/aromatic N) is 2. The Bertz CT molecular complexity index is 745. The van der Waals surface area contributed by atoms with Crippen LogP contribution in [0.15, 0.2) is 54.9 Å². The monoisotopic (exact) mass is 295 g/mol. The van der Waals surface area contributed by atoms with E-state index in [2.05, 4.69) is 10.3 Å². The molecule has 2 heterocycles. The largest absolute Gasteiger partial charge is 0.497 e. The Labute approximate surface area is 128 Å². The third-order valence-corrected chi connectivity index (χ3v) is 3.40. The summed E-state index contributed by atoms with van der Waals surface area (Å²) < 4.78 is 7.01. The molecule has 2 aromatic heterocycles. The minimum absolute atomic E-state index is 0.0424. The summed E-state index contributed by atoms with van der Waals surface area (Å²) in [4.78, 5) is 16.4. The number of ether oxygens (including phenoxy) is 1. The number of pyridine rings is 1. The molecule has 0 fully saturated rings. The van der Waals surface area contributed by atoms with Crippen LogP contribution in [0.2, 0.25) is 0 Å². The molecule has 3 rings (SSSR count). The third kappa shape index (κ3) is 3.25. The van der Waals surface area contributed by atoms with Gasteiger partial charge in [-0.2, -0.15) is 0 Å². The van der Waals surface area contributed by atoms with Crippen LogP contribution in [0.4, 0.5) is 0 Å². The van der Waals surface area contributed by atoms with Gasteiger partial charge < -0.3 is 14.5 Å². The van der Waals surface area contributed by atoms with Crippen LogP contribution in [0.3, 0.4) is 0 Å². The number of rotatable bonds is 5. The molecular formula is C17H17N3O2. The second-order valence-corrected chi connectivity index (χ2v) is 5.00. The molecule has 5 nitrogen and oxygen atoms in total. The summed E-state index contributed by atoms with van der Waals surface area (Å²) >= 11 is 0. The van der Waals surface area contributed by atoms with Crippen molar-refractivity contribution in [2.75, 3.05) is 7.11 Å². The maximum atomic E-state index is 12.0. The van der Waals surface area contributed by atoms with Crippen LogP contribution in [0.1, 0.15) is 11.3 Å². The van der Waals surface area contributed by atoms with Crippen molar-refractivity contribution < 1.29 is 9.53 Å². The summed E-state index contributed by atoms with van der Waals surface area (Å²) in [7, 11) is 1.63.